The molecule has 2 unspecified atom stereocenters. The molecule has 0 aliphatic carbocycles. The van der Waals surface area contributed by atoms with Gasteiger partial charge in [-0.3, -0.25) is 4.90 Å². The summed E-state index contributed by atoms with van der Waals surface area (Å²) in [5.41, 5.74) is 6.90. The second kappa shape index (κ2) is 6.91. The van der Waals surface area contributed by atoms with Crippen molar-refractivity contribution >= 4 is 23.2 Å². The summed E-state index contributed by atoms with van der Waals surface area (Å²) in [7, 11) is 2.05. The number of halogens is 2. The first-order valence-electron chi connectivity index (χ1n) is 6.58. The maximum absolute atomic E-state index is 6.26. The van der Waals surface area contributed by atoms with Crippen molar-refractivity contribution in [2.24, 2.45) is 5.73 Å². The minimum atomic E-state index is 0.0652. The van der Waals surface area contributed by atoms with E-state index in [4.69, 9.17) is 33.7 Å². The van der Waals surface area contributed by atoms with Gasteiger partial charge >= 0.3 is 0 Å². The zero-order chi connectivity index (χ0) is 13.8. The van der Waals surface area contributed by atoms with Crippen molar-refractivity contribution in [3.05, 3.63) is 33.8 Å². The number of hydrogen-bond acceptors (Lipinski definition) is 3. The lowest BCUT2D eigenvalue weighted by atomic mass is 10.0. The fourth-order valence-corrected chi connectivity index (χ4v) is 2.98. The van der Waals surface area contributed by atoms with Crippen molar-refractivity contribution in [1.82, 2.24) is 4.90 Å². The number of hydrogen-bond donors (Lipinski definition) is 1. The van der Waals surface area contributed by atoms with E-state index < -0.39 is 0 Å². The molecule has 0 amide bonds. The van der Waals surface area contributed by atoms with Gasteiger partial charge in [-0.1, -0.05) is 23.2 Å². The van der Waals surface area contributed by atoms with Crippen molar-refractivity contribution in [3.8, 4) is 0 Å². The van der Waals surface area contributed by atoms with Crippen molar-refractivity contribution in [2.45, 2.75) is 25.0 Å². The van der Waals surface area contributed by atoms with Crippen LogP contribution in [0.2, 0.25) is 10.0 Å². The van der Waals surface area contributed by atoms with E-state index in [1.165, 1.54) is 0 Å². The summed E-state index contributed by atoms with van der Waals surface area (Å²) in [6.45, 7) is 2.23. The standard InChI is InChI=1S/C14H20Cl2N2O/c1-18(9-11-3-2-6-19-11)14(8-17)12-7-10(15)4-5-13(12)16/h4-5,7,11,14H,2-3,6,8-9,17H2,1H3. The van der Waals surface area contributed by atoms with Crippen LogP contribution in [0.4, 0.5) is 0 Å². The van der Waals surface area contributed by atoms with E-state index in [9.17, 15) is 0 Å². The van der Waals surface area contributed by atoms with Gasteiger partial charge < -0.3 is 10.5 Å². The van der Waals surface area contributed by atoms with Gasteiger partial charge in [0.05, 0.1) is 6.10 Å². The van der Waals surface area contributed by atoms with Crippen LogP contribution in [0, 0.1) is 0 Å². The Bertz CT molecular complexity index is 422. The zero-order valence-electron chi connectivity index (χ0n) is 11.1. The molecule has 0 aromatic heterocycles. The van der Waals surface area contributed by atoms with E-state index in [1.807, 2.05) is 12.1 Å². The van der Waals surface area contributed by atoms with E-state index in [0.29, 0.717) is 22.7 Å². The Morgan fingerprint density at radius 2 is 2.26 bits per heavy atom. The Balaban J connectivity index is 2.11. The van der Waals surface area contributed by atoms with Crippen molar-refractivity contribution < 1.29 is 4.74 Å². The van der Waals surface area contributed by atoms with Crippen LogP contribution >= 0.6 is 23.2 Å². The molecule has 2 atom stereocenters. The van der Waals surface area contributed by atoms with Gasteiger partial charge in [0.2, 0.25) is 0 Å². The van der Waals surface area contributed by atoms with Gasteiger partial charge in [-0.2, -0.15) is 0 Å². The molecule has 0 radical (unpaired) electrons. The van der Waals surface area contributed by atoms with Gasteiger partial charge in [-0.25, -0.2) is 0 Å². The number of ether oxygens (including phenoxy) is 1. The largest absolute Gasteiger partial charge is 0.377 e. The summed E-state index contributed by atoms with van der Waals surface area (Å²) < 4.78 is 5.67. The number of benzene rings is 1. The summed E-state index contributed by atoms with van der Waals surface area (Å²) >= 11 is 12.3. The summed E-state index contributed by atoms with van der Waals surface area (Å²) in [4.78, 5) is 2.20. The van der Waals surface area contributed by atoms with E-state index >= 15 is 0 Å². The fourth-order valence-electron chi connectivity index (χ4n) is 2.55. The van der Waals surface area contributed by atoms with Crippen LogP contribution in [-0.4, -0.2) is 37.7 Å². The molecule has 0 saturated carbocycles. The van der Waals surface area contributed by atoms with Crippen LogP contribution in [0.5, 0.6) is 0 Å². The van der Waals surface area contributed by atoms with Crippen LogP contribution in [-0.2, 0) is 4.74 Å². The van der Waals surface area contributed by atoms with Crippen molar-refractivity contribution in [2.75, 3.05) is 26.7 Å². The average molecular weight is 303 g/mol. The molecular weight excluding hydrogens is 283 g/mol. The highest BCUT2D eigenvalue weighted by Crippen LogP contribution is 2.29. The minimum absolute atomic E-state index is 0.0652. The maximum Gasteiger partial charge on any atom is 0.0702 e. The van der Waals surface area contributed by atoms with Crippen LogP contribution in [0.25, 0.3) is 0 Å². The monoisotopic (exact) mass is 302 g/mol. The molecule has 2 N–H and O–H groups in total. The first-order chi connectivity index (χ1) is 9.11. The van der Waals surface area contributed by atoms with Crippen LogP contribution in [0.1, 0.15) is 24.4 Å². The molecule has 1 heterocycles. The lowest BCUT2D eigenvalue weighted by molar-refractivity contribution is 0.0689. The molecule has 1 aliphatic rings. The van der Waals surface area contributed by atoms with Gasteiger partial charge in [0.1, 0.15) is 0 Å². The van der Waals surface area contributed by atoms with E-state index in [2.05, 4.69) is 11.9 Å². The van der Waals surface area contributed by atoms with Gasteiger partial charge in [0.25, 0.3) is 0 Å². The Labute approximate surface area is 124 Å². The summed E-state index contributed by atoms with van der Waals surface area (Å²) in [5.74, 6) is 0. The van der Waals surface area contributed by atoms with Crippen molar-refractivity contribution in [1.29, 1.82) is 0 Å². The number of nitrogens with zero attached hydrogens (tertiary/aromatic N) is 1. The fraction of sp³-hybridized carbons (Fsp3) is 0.571. The molecule has 1 aromatic rings. The van der Waals surface area contributed by atoms with E-state index in [-0.39, 0.29) is 6.04 Å². The topological polar surface area (TPSA) is 38.5 Å². The average Bonchev–Trinajstić information content (AvgIpc) is 2.87. The molecule has 1 saturated heterocycles. The second-order valence-electron chi connectivity index (χ2n) is 4.99. The molecular formula is C14H20Cl2N2O. The van der Waals surface area contributed by atoms with E-state index in [0.717, 1.165) is 31.6 Å². The second-order valence-corrected chi connectivity index (χ2v) is 5.84. The lowest BCUT2D eigenvalue weighted by Gasteiger charge is -2.30. The summed E-state index contributed by atoms with van der Waals surface area (Å²) in [6, 6.07) is 5.58. The lowest BCUT2D eigenvalue weighted by Crippen LogP contribution is -2.36. The molecule has 0 spiro atoms. The molecule has 3 nitrogen and oxygen atoms in total. The number of likely N-dealkylation sites (N-methyl/N-ethyl adjacent to an activating group) is 1. The van der Waals surface area contributed by atoms with E-state index in [1.54, 1.807) is 6.07 Å². The smallest absolute Gasteiger partial charge is 0.0702 e. The molecule has 0 bridgehead atoms. The normalized spacial score (nSPS) is 21.0. The van der Waals surface area contributed by atoms with Crippen LogP contribution < -0.4 is 5.73 Å². The third-order valence-corrected chi connectivity index (χ3v) is 4.17. The van der Waals surface area contributed by atoms with Gasteiger partial charge in [0, 0.05) is 35.8 Å². The maximum atomic E-state index is 6.26. The first-order valence-corrected chi connectivity index (χ1v) is 7.34. The highest BCUT2D eigenvalue weighted by Gasteiger charge is 2.23. The third-order valence-electron chi connectivity index (χ3n) is 3.59. The number of rotatable bonds is 5. The van der Waals surface area contributed by atoms with Gasteiger partial charge in [-0.05, 0) is 43.7 Å². The molecule has 5 heteroatoms. The Kier molecular flexibility index (Phi) is 5.48. The molecule has 19 heavy (non-hydrogen) atoms. The SMILES string of the molecule is CN(CC1CCCO1)C(CN)c1cc(Cl)ccc1Cl. The molecule has 2 rings (SSSR count). The van der Waals surface area contributed by atoms with Crippen LogP contribution in [0.3, 0.4) is 0 Å². The highest BCUT2D eigenvalue weighted by atomic mass is 35.5. The molecule has 1 fully saturated rings. The molecule has 1 aliphatic heterocycles. The summed E-state index contributed by atoms with van der Waals surface area (Å²) in [6.07, 6.45) is 2.56. The van der Waals surface area contributed by atoms with Gasteiger partial charge in [0.15, 0.2) is 0 Å². The quantitative estimate of drug-likeness (QED) is 0.908. The third kappa shape index (κ3) is 3.83. The van der Waals surface area contributed by atoms with Gasteiger partial charge in [-0.15, -0.1) is 0 Å². The number of nitrogens with two attached hydrogens (primary N) is 1. The Morgan fingerprint density at radius 1 is 1.47 bits per heavy atom. The predicted octanol–water partition coefficient (Wildman–Crippen LogP) is 3.10. The first kappa shape index (κ1) is 15.1. The summed E-state index contributed by atoms with van der Waals surface area (Å²) in [5, 5.41) is 1.39. The minimum Gasteiger partial charge on any atom is -0.377 e. The zero-order valence-corrected chi connectivity index (χ0v) is 12.6. The Morgan fingerprint density at radius 3 is 2.89 bits per heavy atom. The van der Waals surface area contributed by atoms with Crippen LogP contribution in [0.15, 0.2) is 18.2 Å². The molecule has 1 aromatic carbocycles. The predicted molar refractivity (Wildman–Crippen MR) is 79.9 cm³/mol. The van der Waals surface area contributed by atoms with Crippen molar-refractivity contribution in [3.63, 3.8) is 0 Å². The Hall–Kier alpha value is -0.320. The molecule has 106 valence electrons. The highest BCUT2D eigenvalue weighted by molar-refractivity contribution is 6.33.